The van der Waals surface area contributed by atoms with Crippen LogP contribution >= 0.6 is 46.1 Å². The van der Waals surface area contributed by atoms with E-state index in [1.54, 1.807) is 6.07 Å². The second-order valence-corrected chi connectivity index (χ2v) is 8.57. The predicted molar refractivity (Wildman–Crippen MR) is 109 cm³/mol. The molecular weight excluding hydrogens is 429 g/mol. The van der Waals surface area contributed by atoms with Gasteiger partial charge in [0.1, 0.15) is 15.9 Å². The largest absolute Gasteiger partial charge is 0.349 e. The van der Waals surface area contributed by atoms with Gasteiger partial charge in [-0.3, -0.25) is 9.59 Å². The van der Waals surface area contributed by atoms with Crippen LogP contribution in [0, 0.1) is 0 Å². The lowest BCUT2D eigenvalue weighted by Crippen LogP contribution is -2.44. The maximum Gasteiger partial charge on any atom is 0.268 e. The van der Waals surface area contributed by atoms with E-state index in [2.05, 4.69) is 15.6 Å². The molecule has 2 heterocycles. The Bertz CT molecular complexity index is 1050. The van der Waals surface area contributed by atoms with Crippen LogP contribution in [0.25, 0.3) is 10.2 Å². The highest BCUT2D eigenvalue weighted by Crippen LogP contribution is 2.39. The molecule has 2 aromatic heterocycles. The topological polar surface area (TPSA) is 74.0 Å². The van der Waals surface area contributed by atoms with Crippen molar-refractivity contribution in [3.8, 4) is 0 Å². The van der Waals surface area contributed by atoms with Gasteiger partial charge in [0.15, 0.2) is 0 Å². The van der Waals surface area contributed by atoms with Crippen molar-refractivity contribution < 1.29 is 9.59 Å². The van der Waals surface area contributed by atoms with Crippen LogP contribution in [0.5, 0.6) is 0 Å². The minimum absolute atomic E-state index is 0.133. The standard InChI is InChI=1S/C18H14Cl3N3O2S/c19-7-13(25)24-15-9-4-2-1-3-8(9)5-10(15)23-18(26)11-6-12-16(22-11)14(20)17(21)27-12/h1-4,6,10,15,22H,5,7H2,(H,23,26)(H,24,25)/t10-,15+/m1/s1. The Balaban J connectivity index is 1.57. The van der Waals surface area contributed by atoms with Gasteiger partial charge in [0.05, 0.1) is 27.3 Å². The summed E-state index contributed by atoms with van der Waals surface area (Å²) in [6, 6.07) is 8.91. The molecule has 9 heteroatoms. The van der Waals surface area contributed by atoms with E-state index in [4.69, 9.17) is 34.8 Å². The first-order valence-electron chi connectivity index (χ1n) is 8.18. The lowest BCUT2D eigenvalue weighted by Gasteiger charge is -2.22. The Kier molecular flexibility index (Phi) is 5.07. The number of carbonyl (C=O) groups is 2. The van der Waals surface area contributed by atoms with E-state index >= 15 is 0 Å². The van der Waals surface area contributed by atoms with Gasteiger partial charge < -0.3 is 15.6 Å². The van der Waals surface area contributed by atoms with Gasteiger partial charge in [-0.15, -0.1) is 22.9 Å². The molecule has 0 aliphatic heterocycles. The summed E-state index contributed by atoms with van der Waals surface area (Å²) >= 11 is 19.1. The van der Waals surface area contributed by atoms with Crippen molar-refractivity contribution in [2.75, 3.05) is 5.88 Å². The van der Waals surface area contributed by atoms with Gasteiger partial charge >= 0.3 is 0 Å². The average Bonchev–Trinajstić information content (AvgIpc) is 3.29. The van der Waals surface area contributed by atoms with Gasteiger partial charge in [0.25, 0.3) is 5.91 Å². The normalized spacial score (nSPS) is 18.5. The van der Waals surface area contributed by atoms with E-state index < -0.39 is 0 Å². The molecule has 4 rings (SSSR count). The smallest absolute Gasteiger partial charge is 0.268 e. The van der Waals surface area contributed by atoms with Crippen molar-refractivity contribution in [1.82, 2.24) is 15.6 Å². The lowest BCUT2D eigenvalue weighted by molar-refractivity contribution is -0.119. The van der Waals surface area contributed by atoms with Gasteiger partial charge in [-0.2, -0.15) is 0 Å². The van der Waals surface area contributed by atoms with Crippen LogP contribution in [0.3, 0.4) is 0 Å². The predicted octanol–water partition coefficient (Wildman–Crippen LogP) is 4.29. The number of hydrogen-bond donors (Lipinski definition) is 3. The molecule has 3 aromatic rings. The number of hydrogen-bond acceptors (Lipinski definition) is 3. The summed E-state index contributed by atoms with van der Waals surface area (Å²) < 4.78 is 1.30. The highest BCUT2D eigenvalue weighted by atomic mass is 35.5. The van der Waals surface area contributed by atoms with Crippen molar-refractivity contribution >= 4 is 68.2 Å². The molecule has 0 bridgehead atoms. The molecule has 5 nitrogen and oxygen atoms in total. The van der Waals surface area contributed by atoms with Gasteiger partial charge in [0.2, 0.25) is 5.91 Å². The van der Waals surface area contributed by atoms with E-state index in [1.165, 1.54) is 11.3 Å². The molecule has 3 N–H and O–H groups in total. The fourth-order valence-corrected chi connectivity index (χ4v) is 4.97. The van der Waals surface area contributed by atoms with E-state index in [9.17, 15) is 9.59 Å². The molecular formula is C18H14Cl3N3O2S. The number of aromatic nitrogens is 1. The van der Waals surface area contributed by atoms with E-state index in [-0.39, 0.29) is 29.8 Å². The number of thiophene rings is 1. The quantitative estimate of drug-likeness (QED) is 0.527. The molecule has 1 aromatic carbocycles. The highest BCUT2D eigenvalue weighted by molar-refractivity contribution is 7.23. The minimum Gasteiger partial charge on any atom is -0.349 e. The Morgan fingerprint density at radius 2 is 2.00 bits per heavy atom. The number of amides is 2. The molecule has 2 amide bonds. The van der Waals surface area contributed by atoms with E-state index in [0.717, 1.165) is 15.8 Å². The Morgan fingerprint density at radius 3 is 2.74 bits per heavy atom. The number of nitrogens with one attached hydrogen (secondary N) is 3. The Morgan fingerprint density at radius 1 is 1.22 bits per heavy atom. The molecule has 1 aliphatic rings. The number of H-pyrrole nitrogens is 1. The number of benzene rings is 1. The van der Waals surface area contributed by atoms with Crippen LogP contribution in [0.1, 0.15) is 27.7 Å². The molecule has 2 atom stereocenters. The summed E-state index contributed by atoms with van der Waals surface area (Å²) in [5.41, 5.74) is 3.13. The molecule has 0 saturated carbocycles. The van der Waals surface area contributed by atoms with Gasteiger partial charge in [-0.25, -0.2) is 0 Å². The van der Waals surface area contributed by atoms with Crippen molar-refractivity contribution in [3.05, 3.63) is 56.5 Å². The highest BCUT2D eigenvalue weighted by Gasteiger charge is 2.34. The Labute approximate surface area is 174 Å². The summed E-state index contributed by atoms with van der Waals surface area (Å²) in [4.78, 5) is 27.6. The summed E-state index contributed by atoms with van der Waals surface area (Å²) in [6.45, 7) is 0. The minimum atomic E-state index is -0.328. The third-order valence-corrected chi connectivity index (χ3v) is 6.78. The van der Waals surface area contributed by atoms with Crippen LogP contribution < -0.4 is 10.6 Å². The molecule has 0 saturated heterocycles. The average molecular weight is 443 g/mol. The molecule has 0 unspecified atom stereocenters. The van der Waals surface area contributed by atoms with Gasteiger partial charge in [0, 0.05) is 0 Å². The summed E-state index contributed by atoms with van der Waals surface area (Å²) in [5, 5.41) is 6.32. The zero-order valence-corrected chi connectivity index (χ0v) is 16.9. The second kappa shape index (κ2) is 7.36. The monoisotopic (exact) mass is 441 g/mol. The first-order chi connectivity index (χ1) is 13.0. The summed E-state index contributed by atoms with van der Waals surface area (Å²) in [5.74, 6) is -0.682. The zero-order valence-electron chi connectivity index (χ0n) is 13.8. The third-order valence-electron chi connectivity index (χ3n) is 4.60. The van der Waals surface area contributed by atoms with Crippen LogP contribution in [0.4, 0.5) is 0 Å². The van der Waals surface area contributed by atoms with Crippen molar-refractivity contribution in [2.24, 2.45) is 0 Å². The van der Waals surface area contributed by atoms with Crippen molar-refractivity contribution in [1.29, 1.82) is 0 Å². The van der Waals surface area contributed by atoms with Crippen molar-refractivity contribution in [3.63, 3.8) is 0 Å². The van der Waals surface area contributed by atoms with Gasteiger partial charge in [-0.1, -0.05) is 47.5 Å². The molecule has 0 radical (unpaired) electrons. The summed E-state index contributed by atoms with van der Waals surface area (Å²) in [7, 11) is 0. The first-order valence-corrected chi connectivity index (χ1v) is 10.3. The molecule has 27 heavy (non-hydrogen) atoms. The number of alkyl halides is 1. The molecule has 0 spiro atoms. The number of aromatic amines is 1. The zero-order chi connectivity index (χ0) is 19.1. The SMILES string of the molecule is O=C(CCl)N[C@H]1c2ccccc2C[C@H]1NC(=O)c1cc2sc(Cl)c(Cl)c2[nH]1. The molecule has 1 aliphatic carbocycles. The number of rotatable bonds is 4. The molecule has 0 fully saturated rings. The lowest BCUT2D eigenvalue weighted by atomic mass is 10.1. The second-order valence-electron chi connectivity index (χ2n) is 6.27. The van der Waals surface area contributed by atoms with E-state index in [0.29, 0.717) is 27.0 Å². The Hall–Kier alpha value is -1.73. The fraction of sp³-hybridized carbons (Fsp3) is 0.222. The summed E-state index contributed by atoms with van der Waals surface area (Å²) in [6.07, 6.45) is 0.622. The fourth-order valence-electron chi connectivity index (χ4n) is 3.41. The maximum absolute atomic E-state index is 12.8. The first kappa shape index (κ1) is 18.6. The van der Waals surface area contributed by atoms with Gasteiger partial charge in [-0.05, 0) is 23.6 Å². The maximum atomic E-state index is 12.8. The van der Waals surface area contributed by atoms with Crippen LogP contribution in [0.15, 0.2) is 30.3 Å². The molecule has 140 valence electrons. The van der Waals surface area contributed by atoms with Crippen LogP contribution in [-0.2, 0) is 11.2 Å². The van der Waals surface area contributed by atoms with Crippen molar-refractivity contribution in [2.45, 2.75) is 18.5 Å². The number of fused-ring (bicyclic) bond motifs is 2. The third kappa shape index (κ3) is 3.43. The van der Waals surface area contributed by atoms with Crippen LogP contribution in [-0.4, -0.2) is 28.7 Å². The number of halogens is 3. The van der Waals surface area contributed by atoms with E-state index in [1.807, 2.05) is 24.3 Å². The van der Waals surface area contributed by atoms with Crippen LogP contribution in [0.2, 0.25) is 9.36 Å². The number of carbonyl (C=O) groups excluding carboxylic acids is 2.